The van der Waals surface area contributed by atoms with Gasteiger partial charge in [0.1, 0.15) is 11.6 Å². The summed E-state index contributed by atoms with van der Waals surface area (Å²) in [5.41, 5.74) is 0.244. The highest BCUT2D eigenvalue weighted by atomic mass is 28.4. The zero-order chi connectivity index (χ0) is 19.5. The number of imide groups is 1. The van der Waals surface area contributed by atoms with Crippen LogP contribution in [0, 0.1) is 0 Å². The van der Waals surface area contributed by atoms with E-state index in [9.17, 15) is 9.59 Å². The lowest BCUT2D eigenvalue weighted by Crippen LogP contribution is -2.65. The number of ether oxygens (including phenoxy) is 1. The SMILES string of the molecule is CC[Si](CC)(CC)O[C@@H]1C(=O)N(C(=O)OC(C)(C)C)[C@@H]1c1ccccc1. The second-order valence-electron chi connectivity index (χ2n) is 7.83. The second kappa shape index (κ2) is 7.92. The van der Waals surface area contributed by atoms with Crippen molar-refractivity contribution in [1.29, 1.82) is 0 Å². The van der Waals surface area contributed by atoms with Crippen LogP contribution in [0.25, 0.3) is 0 Å². The van der Waals surface area contributed by atoms with Crippen LogP contribution < -0.4 is 0 Å². The average Bonchev–Trinajstić information content (AvgIpc) is 2.60. The molecule has 1 heterocycles. The molecule has 1 saturated heterocycles. The van der Waals surface area contributed by atoms with Crippen LogP contribution in [0.15, 0.2) is 30.3 Å². The van der Waals surface area contributed by atoms with Crippen molar-refractivity contribution in [3.8, 4) is 0 Å². The van der Waals surface area contributed by atoms with Gasteiger partial charge in [0, 0.05) is 0 Å². The topological polar surface area (TPSA) is 55.8 Å². The molecule has 0 unspecified atom stereocenters. The number of hydrogen-bond donors (Lipinski definition) is 0. The number of benzene rings is 1. The largest absolute Gasteiger partial charge is 0.443 e. The maximum atomic E-state index is 12.8. The zero-order valence-electron chi connectivity index (χ0n) is 16.7. The van der Waals surface area contributed by atoms with Gasteiger partial charge in [-0.15, -0.1) is 0 Å². The fraction of sp³-hybridized carbons (Fsp3) is 0.600. The normalized spacial score (nSPS) is 20.7. The van der Waals surface area contributed by atoms with E-state index in [0.29, 0.717) is 0 Å². The van der Waals surface area contributed by atoms with Gasteiger partial charge in [-0.1, -0.05) is 51.1 Å². The fourth-order valence-electron chi connectivity index (χ4n) is 3.34. The highest BCUT2D eigenvalue weighted by Crippen LogP contribution is 2.41. The Kier molecular flexibility index (Phi) is 6.29. The monoisotopic (exact) mass is 377 g/mol. The number of hydrogen-bond acceptors (Lipinski definition) is 4. The molecule has 5 nitrogen and oxygen atoms in total. The van der Waals surface area contributed by atoms with E-state index >= 15 is 0 Å². The van der Waals surface area contributed by atoms with Gasteiger partial charge in [0.05, 0.1) is 0 Å². The first kappa shape index (κ1) is 20.6. The fourth-order valence-corrected chi connectivity index (χ4v) is 6.10. The van der Waals surface area contributed by atoms with E-state index in [4.69, 9.17) is 9.16 Å². The molecule has 1 aromatic rings. The van der Waals surface area contributed by atoms with Crippen molar-refractivity contribution in [2.45, 2.75) is 77.4 Å². The van der Waals surface area contributed by atoms with Gasteiger partial charge in [-0.2, -0.15) is 0 Å². The number of nitrogens with zero attached hydrogens (tertiary/aromatic N) is 1. The van der Waals surface area contributed by atoms with Gasteiger partial charge in [0.15, 0.2) is 14.4 Å². The Morgan fingerprint density at radius 1 is 1.08 bits per heavy atom. The van der Waals surface area contributed by atoms with Gasteiger partial charge in [0.2, 0.25) is 0 Å². The van der Waals surface area contributed by atoms with Crippen LogP contribution in [0.5, 0.6) is 0 Å². The molecule has 0 radical (unpaired) electrons. The lowest BCUT2D eigenvalue weighted by molar-refractivity contribution is -0.162. The predicted molar refractivity (Wildman–Crippen MR) is 104 cm³/mol. The third kappa shape index (κ3) is 4.18. The number of carbonyl (C=O) groups is 2. The summed E-state index contributed by atoms with van der Waals surface area (Å²) < 4.78 is 11.9. The molecule has 0 spiro atoms. The molecule has 6 heteroatoms. The lowest BCUT2D eigenvalue weighted by atomic mass is 9.91. The molecule has 1 aromatic carbocycles. The van der Waals surface area contributed by atoms with E-state index < -0.39 is 32.2 Å². The first-order valence-corrected chi connectivity index (χ1v) is 12.0. The van der Waals surface area contributed by atoms with E-state index in [-0.39, 0.29) is 5.91 Å². The van der Waals surface area contributed by atoms with Crippen molar-refractivity contribution in [3.05, 3.63) is 35.9 Å². The van der Waals surface area contributed by atoms with Gasteiger partial charge >= 0.3 is 6.09 Å². The number of β-lactam (4-membered cyclic amide) rings is 1. The first-order valence-electron chi connectivity index (χ1n) is 9.47. The molecule has 0 aliphatic carbocycles. The lowest BCUT2D eigenvalue weighted by Gasteiger charge is -2.48. The van der Waals surface area contributed by atoms with Crippen LogP contribution in [0.1, 0.15) is 53.1 Å². The summed E-state index contributed by atoms with van der Waals surface area (Å²) in [6, 6.07) is 12.0. The van der Waals surface area contributed by atoms with Crippen LogP contribution in [0.3, 0.4) is 0 Å². The number of likely N-dealkylation sites (tertiary alicyclic amines) is 1. The van der Waals surface area contributed by atoms with Crippen LogP contribution in [-0.2, 0) is 14.0 Å². The van der Waals surface area contributed by atoms with Gasteiger partial charge in [-0.25, -0.2) is 9.69 Å². The summed E-state index contributed by atoms with van der Waals surface area (Å²) >= 11 is 0. The van der Waals surface area contributed by atoms with Crippen LogP contribution in [0.4, 0.5) is 4.79 Å². The number of carbonyl (C=O) groups excluding carboxylic acids is 2. The molecule has 2 atom stereocenters. The molecular weight excluding hydrogens is 346 g/mol. The van der Waals surface area contributed by atoms with Gasteiger partial charge < -0.3 is 9.16 Å². The van der Waals surface area contributed by atoms with Crippen LogP contribution in [-0.4, -0.2) is 36.9 Å². The first-order chi connectivity index (χ1) is 12.2. The van der Waals surface area contributed by atoms with Crippen LogP contribution >= 0.6 is 0 Å². The Labute approximate surface area is 157 Å². The molecule has 144 valence electrons. The molecule has 2 amide bonds. The van der Waals surface area contributed by atoms with Gasteiger partial charge in [0.25, 0.3) is 5.91 Å². The maximum Gasteiger partial charge on any atom is 0.417 e. The summed E-state index contributed by atoms with van der Waals surface area (Å²) in [5, 5.41) is 0. The number of rotatable bonds is 6. The molecule has 0 bridgehead atoms. The molecular formula is C20H31NO4Si. The van der Waals surface area contributed by atoms with Crippen molar-refractivity contribution in [2.24, 2.45) is 0 Å². The molecule has 0 aromatic heterocycles. The third-order valence-corrected chi connectivity index (χ3v) is 9.71. The van der Waals surface area contributed by atoms with Gasteiger partial charge in [-0.3, -0.25) is 4.79 Å². The Bertz CT molecular complexity index is 629. The molecule has 26 heavy (non-hydrogen) atoms. The summed E-state index contributed by atoms with van der Waals surface area (Å²) in [6.07, 6.45) is -1.20. The van der Waals surface area contributed by atoms with Crippen molar-refractivity contribution < 1.29 is 18.8 Å². The Balaban J connectivity index is 2.32. The average molecular weight is 378 g/mol. The minimum Gasteiger partial charge on any atom is -0.443 e. The second-order valence-corrected chi connectivity index (χ2v) is 12.5. The standard InChI is InChI=1S/C20H31NO4Si/c1-7-26(8-2,9-3)25-17-16(15-13-11-10-12-14-15)21(18(17)22)19(23)24-20(4,5)6/h10-14,16-17H,7-9H2,1-6H3/t16-,17+/m1/s1. The summed E-state index contributed by atoms with van der Waals surface area (Å²) in [7, 11) is -1.98. The highest BCUT2D eigenvalue weighted by molar-refractivity contribution is 6.73. The molecule has 0 saturated carbocycles. The predicted octanol–water partition coefficient (Wildman–Crippen LogP) is 4.90. The molecule has 1 aliphatic rings. The van der Waals surface area contributed by atoms with E-state index in [0.717, 1.165) is 23.7 Å². The molecule has 1 fully saturated rings. The van der Waals surface area contributed by atoms with E-state index in [1.165, 1.54) is 4.90 Å². The smallest absolute Gasteiger partial charge is 0.417 e. The number of amides is 2. The van der Waals surface area contributed by atoms with Crippen molar-refractivity contribution in [2.75, 3.05) is 0 Å². The zero-order valence-corrected chi connectivity index (χ0v) is 17.7. The highest BCUT2D eigenvalue weighted by Gasteiger charge is 2.55. The quantitative estimate of drug-likeness (QED) is 0.523. The molecule has 0 N–H and O–H groups in total. The summed E-state index contributed by atoms with van der Waals surface area (Å²) in [4.78, 5) is 26.6. The van der Waals surface area contributed by atoms with Crippen LogP contribution in [0.2, 0.25) is 18.1 Å². The van der Waals surface area contributed by atoms with Crippen molar-refractivity contribution in [3.63, 3.8) is 0 Å². The Morgan fingerprint density at radius 2 is 1.62 bits per heavy atom. The molecule has 2 rings (SSSR count). The Morgan fingerprint density at radius 3 is 2.08 bits per heavy atom. The minimum atomic E-state index is -1.98. The Hall–Kier alpha value is -1.66. The van der Waals surface area contributed by atoms with E-state index in [1.807, 2.05) is 30.3 Å². The van der Waals surface area contributed by atoms with E-state index in [2.05, 4.69) is 20.8 Å². The summed E-state index contributed by atoms with van der Waals surface area (Å²) in [6.45, 7) is 11.8. The van der Waals surface area contributed by atoms with Crippen molar-refractivity contribution >= 4 is 20.3 Å². The van der Waals surface area contributed by atoms with Gasteiger partial charge in [-0.05, 0) is 44.5 Å². The maximum absolute atomic E-state index is 12.8. The summed E-state index contributed by atoms with van der Waals surface area (Å²) in [5.74, 6) is -0.291. The molecule has 1 aliphatic heterocycles. The van der Waals surface area contributed by atoms with Crippen molar-refractivity contribution in [1.82, 2.24) is 4.90 Å². The van der Waals surface area contributed by atoms with E-state index in [1.54, 1.807) is 20.8 Å². The third-order valence-electron chi connectivity index (χ3n) is 5.09. The minimum absolute atomic E-state index is 0.291.